The van der Waals surface area contributed by atoms with E-state index in [4.69, 9.17) is 0 Å². The van der Waals surface area contributed by atoms with E-state index in [0.717, 1.165) is 12.8 Å². The lowest BCUT2D eigenvalue weighted by Crippen LogP contribution is -2.27. The molecule has 1 aromatic carbocycles. The van der Waals surface area contributed by atoms with Gasteiger partial charge < -0.3 is 10.0 Å². The second-order valence-corrected chi connectivity index (χ2v) is 3.76. The number of rotatable bonds is 2. The number of nitrogens with zero attached hydrogens (tertiary/aromatic N) is 2. The normalized spacial score (nSPS) is 15.1. The Morgan fingerprint density at radius 1 is 1.31 bits per heavy atom. The first kappa shape index (κ1) is 10.6. The summed E-state index contributed by atoms with van der Waals surface area (Å²) in [7, 11) is 0. The van der Waals surface area contributed by atoms with Gasteiger partial charge in [-0.15, -0.1) is 4.91 Å². The fourth-order valence-corrected chi connectivity index (χ4v) is 1.87. The van der Waals surface area contributed by atoms with E-state index in [2.05, 4.69) is 5.18 Å². The van der Waals surface area contributed by atoms with E-state index in [-0.39, 0.29) is 22.9 Å². The highest BCUT2D eigenvalue weighted by Crippen LogP contribution is 2.31. The van der Waals surface area contributed by atoms with Crippen LogP contribution in [-0.2, 0) is 0 Å². The van der Waals surface area contributed by atoms with Crippen LogP contribution in [0.5, 0.6) is 5.75 Å². The summed E-state index contributed by atoms with van der Waals surface area (Å²) < 4.78 is 0. The van der Waals surface area contributed by atoms with Crippen molar-refractivity contribution in [1.82, 2.24) is 4.90 Å². The van der Waals surface area contributed by atoms with Gasteiger partial charge in [0.25, 0.3) is 5.91 Å². The molecule has 0 aliphatic carbocycles. The van der Waals surface area contributed by atoms with Gasteiger partial charge in [0.2, 0.25) is 0 Å². The minimum Gasteiger partial charge on any atom is -0.505 e. The molecule has 1 heterocycles. The Bertz CT molecular complexity index is 425. The molecule has 0 atom stereocenters. The molecule has 16 heavy (non-hydrogen) atoms. The Hall–Kier alpha value is -1.91. The molecule has 1 saturated heterocycles. The first-order valence-corrected chi connectivity index (χ1v) is 5.18. The van der Waals surface area contributed by atoms with Gasteiger partial charge in [0.15, 0.2) is 5.75 Å². The molecular weight excluding hydrogens is 208 g/mol. The number of nitroso groups, excluding NO2 is 1. The van der Waals surface area contributed by atoms with Crippen LogP contribution in [0.15, 0.2) is 23.4 Å². The highest BCUT2D eigenvalue weighted by Gasteiger charge is 2.23. The molecule has 5 heteroatoms. The van der Waals surface area contributed by atoms with E-state index in [9.17, 15) is 14.8 Å². The summed E-state index contributed by atoms with van der Waals surface area (Å²) >= 11 is 0. The summed E-state index contributed by atoms with van der Waals surface area (Å²) in [6.45, 7) is 1.41. The van der Waals surface area contributed by atoms with E-state index in [0.29, 0.717) is 13.1 Å². The molecule has 5 nitrogen and oxygen atoms in total. The number of hydrogen-bond acceptors (Lipinski definition) is 4. The molecule has 1 fully saturated rings. The van der Waals surface area contributed by atoms with Crippen molar-refractivity contribution in [2.45, 2.75) is 12.8 Å². The third-order valence-electron chi connectivity index (χ3n) is 2.74. The number of para-hydroxylation sites is 1. The molecule has 2 rings (SSSR count). The first-order valence-electron chi connectivity index (χ1n) is 5.18. The van der Waals surface area contributed by atoms with Gasteiger partial charge in [0.05, 0.1) is 5.56 Å². The van der Waals surface area contributed by atoms with Crippen molar-refractivity contribution < 1.29 is 9.90 Å². The van der Waals surface area contributed by atoms with E-state index in [1.54, 1.807) is 11.0 Å². The SMILES string of the molecule is O=Nc1cccc(C(=O)N2CCCC2)c1O. The van der Waals surface area contributed by atoms with Gasteiger partial charge in [-0.05, 0) is 30.2 Å². The van der Waals surface area contributed by atoms with E-state index in [1.807, 2.05) is 0 Å². The number of aromatic hydroxyl groups is 1. The van der Waals surface area contributed by atoms with E-state index < -0.39 is 0 Å². The molecule has 84 valence electrons. The van der Waals surface area contributed by atoms with Crippen LogP contribution in [0.25, 0.3) is 0 Å². The topological polar surface area (TPSA) is 70.0 Å². The molecule has 1 aromatic rings. The summed E-state index contributed by atoms with van der Waals surface area (Å²) in [5, 5.41) is 12.3. The predicted octanol–water partition coefficient (Wildman–Crippen LogP) is 2.03. The van der Waals surface area contributed by atoms with Crippen LogP contribution in [0, 0.1) is 4.91 Å². The van der Waals surface area contributed by atoms with Crippen LogP contribution in [-0.4, -0.2) is 29.0 Å². The molecule has 0 saturated carbocycles. The molecule has 0 spiro atoms. The van der Waals surface area contributed by atoms with Gasteiger partial charge in [0, 0.05) is 13.1 Å². The predicted molar refractivity (Wildman–Crippen MR) is 58.7 cm³/mol. The second kappa shape index (κ2) is 4.30. The summed E-state index contributed by atoms with van der Waals surface area (Å²) in [4.78, 5) is 24.0. The monoisotopic (exact) mass is 220 g/mol. The molecule has 0 aromatic heterocycles. The maximum absolute atomic E-state index is 12.0. The van der Waals surface area contributed by atoms with E-state index >= 15 is 0 Å². The first-order chi connectivity index (χ1) is 7.74. The Labute approximate surface area is 92.7 Å². The summed E-state index contributed by atoms with van der Waals surface area (Å²) in [6, 6.07) is 4.42. The highest BCUT2D eigenvalue weighted by molar-refractivity contribution is 5.98. The second-order valence-electron chi connectivity index (χ2n) is 3.76. The summed E-state index contributed by atoms with van der Waals surface area (Å²) in [5.74, 6) is -0.560. The third kappa shape index (κ3) is 1.76. The number of likely N-dealkylation sites (tertiary alicyclic amines) is 1. The van der Waals surface area contributed by atoms with Crippen LogP contribution in [0.2, 0.25) is 0 Å². The van der Waals surface area contributed by atoms with Crippen molar-refractivity contribution in [2.24, 2.45) is 5.18 Å². The number of amides is 1. The van der Waals surface area contributed by atoms with Crippen LogP contribution in [0.3, 0.4) is 0 Å². The lowest BCUT2D eigenvalue weighted by molar-refractivity contribution is 0.0790. The van der Waals surface area contributed by atoms with Gasteiger partial charge in [-0.25, -0.2) is 0 Å². The molecule has 0 bridgehead atoms. The average Bonchev–Trinajstić information content (AvgIpc) is 2.82. The van der Waals surface area contributed by atoms with Crippen LogP contribution in [0.1, 0.15) is 23.2 Å². The Balaban J connectivity index is 2.32. The molecule has 0 unspecified atom stereocenters. The van der Waals surface area contributed by atoms with Gasteiger partial charge in [0.1, 0.15) is 5.69 Å². The summed E-state index contributed by atoms with van der Waals surface area (Å²) in [6.07, 6.45) is 1.97. The number of phenols is 1. The number of carbonyl (C=O) groups excluding carboxylic acids is 1. The number of phenolic OH excluding ortho intramolecular Hbond substituents is 1. The number of carbonyl (C=O) groups is 1. The number of benzene rings is 1. The van der Waals surface area contributed by atoms with Gasteiger partial charge >= 0.3 is 0 Å². The lowest BCUT2D eigenvalue weighted by atomic mass is 10.1. The zero-order valence-corrected chi connectivity index (χ0v) is 8.72. The van der Waals surface area contributed by atoms with Crippen molar-refractivity contribution in [1.29, 1.82) is 0 Å². The van der Waals surface area contributed by atoms with Crippen molar-refractivity contribution in [2.75, 3.05) is 13.1 Å². The van der Waals surface area contributed by atoms with Crippen LogP contribution in [0.4, 0.5) is 5.69 Å². The van der Waals surface area contributed by atoms with Gasteiger partial charge in [-0.3, -0.25) is 4.79 Å². The van der Waals surface area contributed by atoms with Gasteiger partial charge in [-0.1, -0.05) is 6.07 Å². The fourth-order valence-electron chi connectivity index (χ4n) is 1.87. The van der Waals surface area contributed by atoms with Gasteiger partial charge in [-0.2, -0.15) is 0 Å². The average molecular weight is 220 g/mol. The molecule has 1 N–H and O–H groups in total. The number of hydrogen-bond donors (Lipinski definition) is 1. The van der Waals surface area contributed by atoms with Crippen LogP contribution < -0.4 is 0 Å². The zero-order chi connectivity index (χ0) is 11.5. The minimum atomic E-state index is -0.325. The Kier molecular flexibility index (Phi) is 2.85. The Morgan fingerprint density at radius 2 is 2.00 bits per heavy atom. The fraction of sp³-hybridized carbons (Fsp3) is 0.364. The van der Waals surface area contributed by atoms with Crippen molar-refractivity contribution in [3.8, 4) is 5.75 Å². The highest BCUT2D eigenvalue weighted by atomic mass is 16.3. The minimum absolute atomic E-state index is 0.0925. The molecule has 0 radical (unpaired) electrons. The van der Waals surface area contributed by atoms with Crippen LogP contribution >= 0.6 is 0 Å². The molecule has 1 amide bonds. The van der Waals surface area contributed by atoms with Crippen molar-refractivity contribution in [3.05, 3.63) is 28.7 Å². The smallest absolute Gasteiger partial charge is 0.257 e. The zero-order valence-electron chi connectivity index (χ0n) is 8.72. The molecular formula is C11H12N2O3. The maximum atomic E-state index is 12.0. The Morgan fingerprint density at radius 3 is 2.62 bits per heavy atom. The standard InChI is InChI=1S/C11H12N2O3/c14-10-8(4-3-5-9(10)12-16)11(15)13-6-1-2-7-13/h3-5,14H,1-2,6-7H2. The van der Waals surface area contributed by atoms with Crippen molar-refractivity contribution >= 4 is 11.6 Å². The largest absolute Gasteiger partial charge is 0.505 e. The van der Waals surface area contributed by atoms with E-state index in [1.165, 1.54) is 12.1 Å². The van der Waals surface area contributed by atoms with Crippen molar-refractivity contribution in [3.63, 3.8) is 0 Å². The third-order valence-corrected chi connectivity index (χ3v) is 2.74. The molecule has 1 aliphatic rings. The maximum Gasteiger partial charge on any atom is 0.257 e. The quantitative estimate of drug-likeness (QED) is 0.775. The molecule has 1 aliphatic heterocycles. The summed E-state index contributed by atoms with van der Waals surface area (Å²) in [5.41, 5.74) is 0.0593. The lowest BCUT2D eigenvalue weighted by Gasteiger charge is -2.15.